The molecule has 0 saturated heterocycles. The van der Waals surface area contributed by atoms with Crippen molar-refractivity contribution in [1.29, 1.82) is 0 Å². The maximum atomic E-state index is 13.5. The van der Waals surface area contributed by atoms with Gasteiger partial charge in [0, 0.05) is 11.6 Å². The van der Waals surface area contributed by atoms with Gasteiger partial charge in [0.25, 0.3) is 5.91 Å². The van der Waals surface area contributed by atoms with Crippen LogP contribution in [0.1, 0.15) is 62.6 Å². The van der Waals surface area contributed by atoms with Crippen molar-refractivity contribution in [2.45, 2.75) is 62.8 Å². The summed E-state index contributed by atoms with van der Waals surface area (Å²) in [6.45, 7) is 2.00. The molecule has 33 heavy (non-hydrogen) atoms. The highest BCUT2D eigenvalue weighted by Crippen LogP contribution is 2.38. The summed E-state index contributed by atoms with van der Waals surface area (Å²) in [7, 11) is 0. The van der Waals surface area contributed by atoms with E-state index in [1.807, 2.05) is 61.5 Å². The summed E-state index contributed by atoms with van der Waals surface area (Å²) in [5.74, 6) is 0.518. The molecule has 0 unspecified atom stereocenters. The van der Waals surface area contributed by atoms with E-state index in [0.717, 1.165) is 29.7 Å². The summed E-state index contributed by atoms with van der Waals surface area (Å²) in [6.07, 6.45) is 6.32. The molecule has 2 aromatic carbocycles. The molecule has 1 saturated carbocycles. The molecule has 1 N–H and O–H groups in total. The SMILES string of the molecule is CC[C@H](SC1=Nc2ccccc2C2=N[C@@H](c3ccccc3)C(=O)N12)C(=O)NC1CCCCC1. The number of carbonyl (C=O) groups excluding carboxylic acids is 2. The van der Waals surface area contributed by atoms with Gasteiger partial charge in [-0.05, 0) is 37.0 Å². The summed E-state index contributed by atoms with van der Waals surface area (Å²) >= 11 is 1.37. The lowest BCUT2D eigenvalue weighted by atomic mass is 9.95. The van der Waals surface area contributed by atoms with E-state index < -0.39 is 6.04 Å². The van der Waals surface area contributed by atoms with Gasteiger partial charge >= 0.3 is 0 Å². The average molecular weight is 461 g/mol. The average Bonchev–Trinajstić information content (AvgIpc) is 3.21. The molecule has 2 heterocycles. The second-order valence-electron chi connectivity index (χ2n) is 8.71. The zero-order chi connectivity index (χ0) is 22.8. The molecule has 2 amide bonds. The second-order valence-corrected chi connectivity index (χ2v) is 9.88. The first-order valence-corrected chi connectivity index (χ1v) is 12.7. The first-order chi connectivity index (χ1) is 16.2. The largest absolute Gasteiger partial charge is 0.352 e. The highest BCUT2D eigenvalue weighted by Gasteiger charge is 2.43. The lowest BCUT2D eigenvalue weighted by molar-refractivity contribution is -0.125. The molecule has 2 aromatic rings. The summed E-state index contributed by atoms with van der Waals surface area (Å²) in [6, 6.07) is 17.0. The van der Waals surface area contributed by atoms with Gasteiger partial charge in [0.1, 0.15) is 5.84 Å². The molecule has 2 aliphatic heterocycles. The molecule has 1 fully saturated rings. The first-order valence-electron chi connectivity index (χ1n) is 11.8. The molecule has 1 aliphatic carbocycles. The van der Waals surface area contributed by atoms with Crippen molar-refractivity contribution >= 4 is 40.3 Å². The van der Waals surface area contributed by atoms with Crippen LogP contribution in [0.3, 0.4) is 0 Å². The fourth-order valence-electron chi connectivity index (χ4n) is 4.67. The zero-order valence-corrected chi connectivity index (χ0v) is 19.6. The van der Waals surface area contributed by atoms with Gasteiger partial charge in [-0.25, -0.2) is 14.9 Å². The topological polar surface area (TPSA) is 74.1 Å². The number of nitrogens with zero attached hydrogens (tertiary/aromatic N) is 3. The summed E-state index contributed by atoms with van der Waals surface area (Å²) in [5.41, 5.74) is 2.47. The van der Waals surface area contributed by atoms with E-state index in [0.29, 0.717) is 17.4 Å². The van der Waals surface area contributed by atoms with Gasteiger partial charge < -0.3 is 5.32 Å². The van der Waals surface area contributed by atoms with Crippen molar-refractivity contribution in [2.24, 2.45) is 9.98 Å². The Morgan fingerprint density at radius 3 is 2.58 bits per heavy atom. The van der Waals surface area contributed by atoms with Crippen molar-refractivity contribution in [3.8, 4) is 0 Å². The highest BCUT2D eigenvalue weighted by atomic mass is 32.2. The Hall–Kier alpha value is -2.93. The third kappa shape index (κ3) is 4.34. The second kappa shape index (κ2) is 9.51. The standard InChI is InChI=1S/C26H28N4O2S/c1-2-21(24(31)27-18-13-7-4-8-14-18)33-26-28-20-16-10-9-15-19(20)23-29-22(25(32)30(23)26)17-11-5-3-6-12-17/h3,5-6,9-12,15-16,18,21-22H,2,4,7-8,13-14H2,1H3,(H,27,31)/t21-,22-/m0/s1. The molecule has 0 aromatic heterocycles. The number of amides is 2. The van der Waals surface area contributed by atoms with Gasteiger partial charge in [-0.3, -0.25) is 9.59 Å². The molecular formula is C26H28N4O2S. The Kier molecular flexibility index (Phi) is 6.31. The van der Waals surface area contributed by atoms with E-state index in [9.17, 15) is 9.59 Å². The van der Waals surface area contributed by atoms with Crippen LogP contribution in [0.5, 0.6) is 0 Å². The molecule has 0 radical (unpaired) electrons. The van der Waals surface area contributed by atoms with Crippen LogP contribution >= 0.6 is 11.8 Å². The number of carbonyl (C=O) groups is 2. The van der Waals surface area contributed by atoms with E-state index in [1.165, 1.54) is 31.0 Å². The third-order valence-corrected chi connectivity index (χ3v) is 7.76. The highest BCUT2D eigenvalue weighted by molar-refractivity contribution is 8.15. The van der Waals surface area contributed by atoms with Gasteiger partial charge in [0.15, 0.2) is 11.2 Å². The van der Waals surface area contributed by atoms with Crippen LogP contribution in [0.25, 0.3) is 0 Å². The Morgan fingerprint density at radius 1 is 1.09 bits per heavy atom. The van der Waals surface area contributed by atoms with E-state index in [2.05, 4.69) is 5.32 Å². The normalized spacial score (nSPS) is 21.1. The number of para-hydroxylation sites is 1. The number of hydrogen-bond acceptors (Lipinski definition) is 5. The zero-order valence-electron chi connectivity index (χ0n) is 18.7. The Bertz CT molecular complexity index is 1110. The van der Waals surface area contributed by atoms with Crippen LogP contribution in [-0.4, -0.2) is 39.0 Å². The minimum Gasteiger partial charge on any atom is -0.352 e. The van der Waals surface area contributed by atoms with E-state index in [4.69, 9.17) is 9.98 Å². The summed E-state index contributed by atoms with van der Waals surface area (Å²) in [4.78, 5) is 37.9. The van der Waals surface area contributed by atoms with E-state index in [-0.39, 0.29) is 23.1 Å². The van der Waals surface area contributed by atoms with Gasteiger partial charge in [-0.1, -0.05) is 80.4 Å². The van der Waals surface area contributed by atoms with Crippen LogP contribution in [0.4, 0.5) is 5.69 Å². The molecule has 170 valence electrons. The molecule has 7 heteroatoms. The number of benzene rings is 2. The molecule has 5 rings (SSSR count). The maximum Gasteiger partial charge on any atom is 0.263 e. The van der Waals surface area contributed by atoms with Crippen LogP contribution in [0.2, 0.25) is 0 Å². The fourth-order valence-corrected chi connectivity index (χ4v) is 5.70. The first kappa shape index (κ1) is 21.9. The van der Waals surface area contributed by atoms with Crippen molar-refractivity contribution in [3.05, 3.63) is 65.7 Å². The monoisotopic (exact) mass is 460 g/mol. The maximum absolute atomic E-state index is 13.5. The summed E-state index contributed by atoms with van der Waals surface area (Å²) in [5, 5.41) is 3.45. The number of fused-ring (bicyclic) bond motifs is 3. The number of thioether (sulfide) groups is 1. The van der Waals surface area contributed by atoms with Crippen LogP contribution in [-0.2, 0) is 9.59 Å². The van der Waals surface area contributed by atoms with Gasteiger partial charge in [-0.2, -0.15) is 0 Å². The molecule has 6 nitrogen and oxygen atoms in total. The molecule has 3 aliphatic rings. The van der Waals surface area contributed by atoms with Crippen LogP contribution in [0, 0.1) is 0 Å². The number of nitrogens with one attached hydrogen (secondary N) is 1. The van der Waals surface area contributed by atoms with Crippen molar-refractivity contribution in [2.75, 3.05) is 0 Å². The van der Waals surface area contributed by atoms with Crippen LogP contribution in [0.15, 0.2) is 64.6 Å². The van der Waals surface area contributed by atoms with Crippen molar-refractivity contribution in [3.63, 3.8) is 0 Å². The van der Waals surface area contributed by atoms with E-state index in [1.54, 1.807) is 4.90 Å². The number of amidine groups is 2. The Labute approximate surface area is 198 Å². The minimum absolute atomic E-state index is 0.0284. The number of rotatable bonds is 5. The molecule has 2 atom stereocenters. The van der Waals surface area contributed by atoms with Gasteiger partial charge in [0.2, 0.25) is 5.91 Å². The van der Waals surface area contributed by atoms with Crippen molar-refractivity contribution < 1.29 is 9.59 Å². The lowest BCUT2D eigenvalue weighted by Gasteiger charge is -2.29. The quantitative estimate of drug-likeness (QED) is 0.684. The number of aliphatic imine (C=N–C) groups is 2. The Balaban J connectivity index is 1.43. The predicted molar refractivity (Wildman–Crippen MR) is 133 cm³/mol. The van der Waals surface area contributed by atoms with Gasteiger partial charge in [-0.15, -0.1) is 0 Å². The van der Waals surface area contributed by atoms with E-state index >= 15 is 0 Å². The predicted octanol–water partition coefficient (Wildman–Crippen LogP) is 4.98. The minimum atomic E-state index is -0.603. The van der Waals surface area contributed by atoms with Gasteiger partial charge in [0.05, 0.1) is 10.9 Å². The fraction of sp³-hybridized carbons (Fsp3) is 0.385. The lowest BCUT2D eigenvalue weighted by Crippen LogP contribution is -2.44. The van der Waals surface area contributed by atoms with Crippen molar-refractivity contribution in [1.82, 2.24) is 10.2 Å². The molecular weight excluding hydrogens is 432 g/mol. The Morgan fingerprint density at radius 2 is 1.82 bits per heavy atom. The molecule has 0 spiro atoms. The number of hydrogen-bond donors (Lipinski definition) is 1. The third-order valence-electron chi connectivity index (χ3n) is 6.45. The molecule has 0 bridgehead atoms. The smallest absolute Gasteiger partial charge is 0.263 e. The van der Waals surface area contributed by atoms with Crippen LogP contribution < -0.4 is 5.32 Å². The summed E-state index contributed by atoms with van der Waals surface area (Å²) < 4.78 is 0.